The molecule has 11 heteroatoms. The number of nitrogens with zero attached hydrogens (tertiary/aromatic N) is 2. The van der Waals surface area contributed by atoms with Gasteiger partial charge in [-0.2, -0.15) is 0 Å². The number of hydrogen-bond donors (Lipinski definition) is 0. The highest BCUT2D eigenvalue weighted by Crippen LogP contribution is 2.26. The minimum absolute atomic E-state index is 0.000414. The topological polar surface area (TPSA) is 122 Å². The van der Waals surface area contributed by atoms with Crippen molar-refractivity contribution in [2.45, 2.75) is 20.3 Å². The van der Waals surface area contributed by atoms with Gasteiger partial charge >= 0.3 is 5.97 Å². The van der Waals surface area contributed by atoms with Crippen LogP contribution in [0.25, 0.3) is 0 Å². The molecule has 4 aromatic rings. The van der Waals surface area contributed by atoms with Crippen LogP contribution in [-0.2, 0) is 4.74 Å². The molecule has 0 radical (unpaired) electrons. The summed E-state index contributed by atoms with van der Waals surface area (Å²) in [6.45, 7) is 3.67. The van der Waals surface area contributed by atoms with Gasteiger partial charge in [-0.25, -0.2) is 4.79 Å². The molecular formula is C32H30Cl2N2O7. The van der Waals surface area contributed by atoms with E-state index >= 15 is 0 Å². The lowest BCUT2D eigenvalue weighted by Crippen LogP contribution is -2.09. The minimum atomic E-state index is -0.319. The number of aromatic nitrogens is 2. The largest absolute Gasteiger partial charge is 0.495 e. The standard InChI is InChI=1S/C15H12ClNO3.C9H9ClO2.C8H9NO2/c1-20-15-5-4-10(7-12(15)16)13(18)8-14(19)11-3-2-6-17-9-11;1-6(11)7-3-4-9(12-2)8(10)5-7;1-2-11-8(10)7-4-3-5-9-6-7/h2-7,9H,8H2,1H3;3-5H,1-2H3;3-6H,2H2,1H3. The Bertz CT molecular complexity index is 1530. The number of carbonyl (C=O) groups is 4. The fourth-order valence-electron chi connectivity index (χ4n) is 3.30. The first kappa shape index (κ1) is 34.6. The molecule has 224 valence electrons. The monoisotopic (exact) mass is 624 g/mol. The van der Waals surface area contributed by atoms with E-state index in [9.17, 15) is 19.2 Å². The van der Waals surface area contributed by atoms with E-state index in [1.54, 1.807) is 73.9 Å². The molecule has 2 aromatic heterocycles. The molecule has 0 amide bonds. The van der Waals surface area contributed by atoms with Gasteiger partial charge in [0.15, 0.2) is 17.3 Å². The lowest BCUT2D eigenvalue weighted by molar-refractivity contribution is 0.0525. The summed E-state index contributed by atoms with van der Waals surface area (Å²) in [6.07, 6.45) is 5.90. The zero-order chi connectivity index (χ0) is 31.8. The van der Waals surface area contributed by atoms with Crippen LogP contribution in [0, 0.1) is 0 Å². The predicted molar refractivity (Wildman–Crippen MR) is 164 cm³/mol. The number of hydrogen-bond acceptors (Lipinski definition) is 9. The van der Waals surface area contributed by atoms with Gasteiger partial charge in [0, 0.05) is 41.5 Å². The van der Waals surface area contributed by atoms with Gasteiger partial charge in [0.2, 0.25) is 0 Å². The number of ketones is 3. The van der Waals surface area contributed by atoms with Crippen molar-refractivity contribution in [3.05, 3.63) is 118 Å². The molecule has 0 spiro atoms. The molecule has 0 bridgehead atoms. The van der Waals surface area contributed by atoms with Gasteiger partial charge in [-0.3, -0.25) is 24.4 Å². The first-order chi connectivity index (χ1) is 20.6. The lowest BCUT2D eigenvalue weighted by Gasteiger charge is -2.05. The highest BCUT2D eigenvalue weighted by molar-refractivity contribution is 6.33. The van der Waals surface area contributed by atoms with E-state index < -0.39 is 0 Å². The number of benzene rings is 2. The van der Waals surface area contributed by atoms with E-state index in [1.165, 1.54) is 39.6 Å². The summed E-state index contributed by atoms with van der Waals surface area (Å²) in [4.78, 5) is 53.5. The zero-order valence-electron chi connectivity index (χ0n) is 24.0. The molecule has 0 atom stereocenters. The van der Waals surface area contributed by atoms with Crippen molar-refractivity contribution in [2.24, 2.45) is 0 Å². The molecule has 2 heterocycles. The molecule has 4 rings (SSSR count). The van der Waals surface area contributed by atoms with E-state index in [0.29, 0.717) is 50.4 Å². The van der Waals surface area contributed by atoms with Crippen LogP contribution in [0.1, 0.15) is 61.7 Å². The highest BCUT2D eigenvalue weighted by Gasteiger charge is 2.15. The second kappa shape index (κ2) is 18.0. The minimum Gasteiger partial charge on any atom is -0.495 e. The molecule has 0 aliphatic heterocycles. The van der Waals surface area contributed by atoms with Crippen LogP contribution < -0.4 is 9.47 Å². The number of carbonyl (C=O) groups excluding carboxylic acids is 4. The number of esters is 1. The van der Waals surface area contributed by atoms with E-state index in [2.05, 4.69) is 9.97 Å². The Morgan fingerprint density at radius 3 is 1.63 bits per heavy atom. The molecule has 0 aliphatic carbocycles. The summed E-state index contributed by atoms with van der Waals surface area (Å²) in [7, 11) is 3.03. The number of rotatable bonds is 9. The summed E-state index contributed by atoms with van der Waals surface area (Å²) < 4.78 is 14.7. The second-order valence-corrected chi connectivity index (χ2v) is 9.30. The van der Waals surface area contributed by atoms with Crippen LogP contribution in [-0.4, -0.2) is 54.1 Å². The van der Waals surface area contributed by atoms with Crippen LogP contribution in [0.15, 0.2) is 85.5 Å². The van der Waals surface area contributed by atoms with Gasteiger partial charge in [0.1, 0.15) is 11.5 Å². The van der Waals surface area contributed by atoms with E-state index in [4.69, 9.17) is 37.4 Å². The Hall–Kier alpha value is -4.60. The van der Waals surface area contributed by atoms with Crippen molar-refractivity contribution in [2.75, 3.05) is 20.8 Å². The number of methoxy groups -OCH3 is 2. The normalized spacial score (nSPS) is 9.72. The average Bonchev–Trinajstić information content (AvgIpc) is 3.02. The molecule has 0 unspecified atom stereocenters. The van der Waals surface area contributed by atoms with Crippen molar-refractivity contribution < 1.29 is 33.4 Å². The van der Waals surface area contributed by atoms with E-state index in [1.807, 2.05) is 0 Å². The summed E-state index contributed by atoms with van der Waals surface area (Å²) >= 11 is 11.8. The maximum absolute atomic E-state index is 12.0. The molecule has 9 nitrogen and oxygen atoms in total. The molecule has 0 fully saturated rings. The van der Waals surface area contributed by atoms with Crippen molar-refractivity contribution >= 4 is 46.5 Å². The smallest absolute Gasteiger partial charge is 0.339 e. The molecule has 43 heavy (non-hydrogen) atoms. The number of halogens is 2. The van der Waals surface area contributed by atoms with E-state index in [-0.39, 0.29) is 29.7 Å². The Labute approximate surface area is 259 Å². The lowest BCUT2D eigenvalue weighted by atomic mass is 10.0. The first-order valence-electron chi connectivity index (χ1n) is 12.8. The molecule has 0 saturated carbocycles. The Morgan fingerprint density at radius 1 is 0.698 bits per heavy atom. The maximum Gasteiger partial charge on any atom is 0.339 e. The number of pyridine rings is 2. The van der Waals surface area contributed by atoms with Gasteiger partial charge in [0.25, 0.3) is 0 Å². The third-order valence-corrected chi connectivity index (χ3v) is 6.10. The van der Waals surface area contributed by atoms with Crippen LogP contribution in [0.3, 0.4) is 0 Å². The highest BCUT2D eigenvalue weighted by atomic mass is 35.5. The van der Waals surface area contributed by atoms with E-state index in [0.717, 1.165) is 0 Å². The maximum atomic E-state index is 12.0. The van der Waals surface area contributed by atoms with Gasteiger partial charge in [-0.05, 0) is 74.5 Å². The molecule has 2 aromatic carbocycles. The molecular weight excluding hydrogens is 595 g/mol. The van der Waals surface area contributed by atoms with Crippen LogP contribution in [0.5, 0.6) is 11.5 Å². The van der Waals surface area contributed by atoms with Gasteiger partial charge < -0.3 is 14.2 Å². The third-order valence-electron chi connectivity index (χ3n) is 5.51. The summed E-state index contributed by atoms with van der Waals surface area (Å²) in [6, 6.07) is 16.3. The zero-order valence-corrected chi connectivity index (χ0v) is 25.5. The third kappa shape index (κ3) is 11.3. The quantitative estimate of drug-likeness (QED) is 0.110. The van der Waals surface area contributed by atoms with Crippen molar-refractivity contribution in [1.82, 2.24) is 9.97 Å². The number of ether oxygens (including phenoxy) is 3. The Kier molecular flexibility index (Phi) is 14.5. The van der Waals surface area contributed by atoms with Gasteiger partial charge in [-0.1, -0.05) is 23.2 Å². The Morgan fingerprint density at radius 2 is 1.19 bits per heavy atom. The van der Waals surface area contributed by atoms with Crippen molar-refractivity contribution in [1.29, 1.82) is 0 Å². The fourth-order valence-corrected chi connectivity index (χ4v) is 3.82. The molecule has 0 aliphatic rings. The summed E-state index contributed by atoms with van der Waals surface area (Å²) in [5.41, 5.74) is 1.89. The Balaban J connectivity index is 0.000000241. The SMILES string of the molecule is CCOC(=O)c1cccnc1.COc1ccc(C(=O)CC(=O)c2cccnc2)cc1Cl.COc1ccc(C(C)=O)cc1Cl. The van der Waals surface area contributed by atoms with Crippen molar-refractivity contribution in [3.63, 3.8) is 0 Å². The number of Topliss-reactive ketones (excluding diaryl/α,β-unsaturated/α-hetero) is 3. The second-order valence-electron chi connectivity index (χ2n) is 8.48. The summed E-state index contributed by atoms with van der Waals surface area (Å²) in [5, 5.41) is 0.803. The fraction of sp³-hybridized carbons (Fsp3) is 0.188. The van der Waals surface area contributed by atoms with Gasteiger partial charge in [-0.15, -0.1) is 0 Å². The molecule has 0 saturated heterocycles. The van der Waals surface area contributed by atoms with Crippen LogP contribution in [0.4, 0.5) is 0 Å². The van der Waals surface area contributed by atoms with Crippen LogP contribution in [0.2, 0.25) is 10.0 Å². The van der Waals surface area contributed by atoms with Gasteiger partial charge in [0.05, 0.1) is 42.9 Å². The summed E-state index contributed by atoms with van der Waals surface area (Å²) in [5.74, 6) is 0.196. The predicted octanol–water partition coefficient (Wildman–Crippen LogP) is 7.01. The molecule has 0 N–H and O–H groups in total. The first-order valence-corrected chi connectivity index (χ1v) is 13.6. The average molecular weight is 626 g/mol. The van der Waals surface area contributed by atoms with Crippen LogP contribution >= 0.6 is 23.2 Å². The van der Waals surface area contributed by atoms with Crippen molar-refractivity contribution in [3.8, 4) is 11.5 Å².